The maximum Gasteiger partial charge on any atom is 0.0645 e. The average molecular weight is 787 g/mol. The first-order valence-electron chi connectivity index (χ1n) is 20.9. The van der Waals surface area contributed by atoms with Crippen LogP contribution >= 0.6 is 0 Å². The first-order valence-corrected chi connectivity index (χ1v) is 20.9. The first kappa shape index (κ1) is 37.6. The van der Waals surface area contributed by atoms with Crippen molar-refractivity contribution in [2.24, 2.45) is 0 Å². The van der Waals surface area contributed by atoms with Gasteiger partial charge in [0, 0.05) is 51.1 Å². The summed E-state index contributed by atoms with van der Waals surface area (Å²) in [5.41, 5.74) is 19.7. The molecule has 61 heavy (non-hydrogen) atoms. The van der Waals surface area contributed by atoms with Crippen molar-refractivity contribution in [2.45, 2.75) is 27.7 Å². The third-order valence-corrected chi connectivity index (χ3v) is 11.8. The molecule has 4 heteroatoms. The minimum atomic E-state index is 1.03. The Balaban J connectivity index is 1.06. The topological polar surface area (TPSA) is 24.3 Å². The van der Waals surface area contributed by atoms with Gasteiger partial charge in [0.15, 0.2) is 0 Å². The second kappa shape index (κ2) is 15.8. The summed E-state index contributed by atoms with van der Waals surface area (Å²) >= 11 is 0. The van der Waals surface area contributed by atoms with E-state index in [4.69, 9.17) is 0 Å². The van der Waals surface area contributed by atoms with Crippen LogP contribution in [0.3, 0.4) is 0 Å². The molecular weight excluding hydrogens is 741 g/mol. The van der Waals surface area contributed by atoms with Gasteiger partial charge in [-0.15, -0.1) is 0 Å². The second-order valence-electron chi connectivity index (χ2n) is 16.1. The molecule has 4 nitrogen and oxygen atoms in total. The number of hydrogen-bond donors (Lipinski definition) is 0. The van der Waals surface area contributed by atoms with Crippen LogP contribution in [0.4, 0.5) is 34.1 Å². The van der Waals surface area contributed by atoms with E-state index >= 15 is 0 Å². The van der Waals surface area contributed by atoms with Crippen LogP contribution in [-0.2, 0) is 0 Å². The van der Waals surface area contributed by atoms with Gasteiger partial charge in [0.05, 0.1) is 22.9 Å². The molecule has 8 aromatic carbocycles. The maximum atomic E-state index is 4.56. The van der Waals surface area contributed by atoms with Crippen molar-refractivity contribution in [1.29, 1.82) is 0 Å². The number of fused-ring (bicyclic) bond motifs is 3. The van der Waals surface area contributed by atoms with Gasteiger partial charge in [-0.05, 0) is 147 Å². The smallest absolute Gasteiger partial charge is 0.0645 e. The second-order valence-corrected chi connectivity index (χ2v) is 16.1. The van der Waals surface area contributed by atoms with Gasteiger partial charge in [-0.25, -0.2) is 0 Å². The predicted molar refractivity (Wildman–Crippen MR) is 258 cm³/mol. The number of aryl methyl sites for hydroxylation is 4. The van der Waals surface area contributed by atoms with Crippen molar-refractivity contribution < 1.29 is 0 Å². The Morgan fingerprint density at radius 3 is 1.25 bits per heavy atom. The van der Waals surface area contributed by atoms with E-state index in [0.717, 1.165) is 62.0 Å². The molecule has 10 aromatic rings. The summed E-state index contributed by atoms with van der Waals surface area (Å²) in [6.07, 6.45) is 3.79. The third kappa shape index (κ3) is 7.23. The number of aromatic nitrogens is 2. The minimum Gasteiger partial charge on any atom is -0.311 e. The Hall–Kier alpha value is -7.69. The minimum absolute atomic E-state index is 1.03. The molecule has 0 atom stereocenters. The van der Waals surface area contributed by atoms with E-state index in [-0.39, 0.29) is 0 Å². The van der Waals surface area contributed by atoms with Gasteiger partial charge in [0.2, 0.25) is 0 Å². The van der Waals surface area contributed by atoms with Gasteiger partial charge >= 0.3 is 0 Å². The highest BCUT2D eigenvalue weighted by atomic mass is 15.1. The number of pyridine rings is 1. The van der Waals surface area contributed by atoms with Crippen LogP contribution in [0, 0.1) is 27.7 Å². The van der Waals surface area contributed by atoms with E-state index in [1.54, 1.807) is 0 Å². The average Bonchev–Trinajstić information content (AvgIpc) is 3.64. The lowest BCUT2D eigenvalue weighted by molar-refractivity contribution is 1.14. The zero-order valence-corrected chi connectivity index (χ0v) is 34.9. The Labute approximate surface area is 358 Å². The summed E-state index contributed by atoms with van der Waals surface area (Å²) in [5.74, 6) is 0. The fourth-order valence-electron chi connectivity index (χ4n) is 8.51. The lowest BCUT2D eigenvalue weighted by atomic mass is 9.97. The van der Waals surface area contributed by atoms with E-state index in [1.165, 1.54) is 44.2 Å². The number of rotatable bonds is 9. The molecule has 0 unspecified atom stereocenters. The fraction of sp³-hybridized carbons (Fsp3) is 0.0702. The summed E-state index contributed by atoms with van der Waals surface area (Å²) < 4.78 is 2.36. The molecule has 0 amide bonds. The highest BCUT2D eigenvalue weighted by Crippen LogP contribution is 2.42. The van der Waals surface area contributed by atoms with Crippen LogP contribution in [0.15, 0.2) is 207 Å². The Morgan fingerprint density at radius 1 is 0.377 bits per heavy atom. The van der Waals surface area contributed by atoms with Crippen LogP contribution in [0.2, 0.25) is 0 Å². The molecule has 0 bridgehead atoms. The molecule has 0 spiro atoms. The van der Waals surface area contributed by atoms with Gasteiger partial charge in [0.1, 0.15) is 0 Å². The van der Waals surface area contributed by atoms with Crippen molar-refractivity contribution in [2.75, 3.05) is 9.80 Å². The van der Waals surface area contributed by atoms with Gasteiger partial charge in [-0.3, -0.25) is 4.98 Å². The number of nitrogens with zero attached hydrogens (tertiary/aromatic N) is 4. The Morgan fingerprint density at radius 2 is 0.803 bits per heavy atom. The van der Waals surface area contributed by atoms with Crippen LogP contribution in [-0.4, -0.2) is 9.55 Å². The van der Waals surface area contributed by atoms with E-state index in [9.17, 15) is 0 Å². The normalized spacial score (nSPS) is 11.3. The summed E-state index contributed by atoms with van der Waals surface area (Å²) in [5, 5.41) is 2.42. The van der Waals surface area contributed by atoms with E-state index in [1.807, 2.05) is 18.5 Å². The van der Waals surface area contributed by atoms with Crippen LogP contribution < -0.4 is 9.80 Å². The number of benzene rings is 8. The molecule has 294 valence electrons. The molecule has 2 heterocycles. The summed E-state index contributed by atoms with van der Waals surface area (Å²) in [6, 6.07) is 70.7. The molecular formula is C57H46N4. The molecule has 0 N–H and O–H groups in total. The molecule has 0 saturated heterocycles. The standard InChI is InChI=1S/C57H46N4/c1-39-10-23-46(24-11-39)59(47-25-12-40(2)13-26-47)50-31-18-43(19-32-50)45-22-35-54-56(37-45)61(52-7-6-36-58-38-52)55-9-5-8-53(57(54)55)44-20-33-51(34-21-44)60(48-27-14-41(3)15-28-48)49-29-16-42(4)17-30-49/h5-38H,1-4H3. The van der Waals surface area contributed by atoms with Crippen molar-refractivity contribution in [1.82, 2.24) is 9.55 Å². The quantitative estimate of drug-likeness (QED) is 0.146. The maximum absolute atomic E-state index is 4.56. The Kier molecular flexibility index (Phi) is 9.74. The molecule has 0 radical (unpaired) electrons. The molecule has 0 aliphatic carbocycles. The molecule has 0 saturated carbocycles. The Bertz CT molecular complexity index is 3020. The van der Waals surface area contributed by atoms with Crippen LogP contribution in [0.5, 0.6) is 0 Å². The number of hydrogen-bond acceptors (Lipinski definition) is 3. The summed E-state index contributed by atoms with van der Waals surface area (Å²) in [7, 11) is 0. The van der Waals surface area contributed by atoms with Crippen LogP contribution in [0.25, 0.3) is 49.7 Å². The van der Waals surface area contributed by atoms with Gasteiger partial charge in [-0.2, -0.15) is 0 Å². The lowest BCUT2D eigenvalue weighted by Crippen LogP contribution is -2.09. The monoisotopic (exact) mass is 786 g/mol. The SMILES string of the molecule is Cc1ccc(N(c2ccc(C)cc2)c2ccc(-c3ccc4c5c(-c6ccc(N(c7ccc(C)cc7)c7ccc(C)cc7)cc6)cccc5n(-c5cccnc5)c4c3)cc2)cc1. The summed E-state index contributed by atoms with van der Waals surface area (Å²) in [4.78, 5) is 9.21. The first-order chi connectivity index (χ1) is 29.9. The number of anilines is 6. The third-order valence-electron chi connectivity index (χ3n) is 11.8. The zero-order valence-electron chi connectivity index (χ0n) is 34.9. The highest BCUT2D eigenvalue weighted by molar-refractivity contribution is 6.16. The van der Waals surface area contributed by atoms with E-state index < -0.39 is 0 Å². The molecule has 0 fully saturated rings. The zero-order chi connectivity index (χ0) is 41.5. The van der Waals surface area contributed by atoms with E-state index in [2.05, 4.69) is 235 Å². The van der Waals surface area contributed by atoms with Crippen molar-refractivity contribution >= 4 is 55.9 Å². The molecule has 2 aromatic heterocycles. The summed E-state index contributed by atoms with van der Waals surface area (Å²) in [6.45, 7) is 8.52. The molecule has 0 aliphatic heterocycles. The van der Waals surface area contributed by atoms with Gasteiger partial charge < -0.3 is 14.4 Å². The van der Waals surface area contributed by atoms with Crippen molar-refractivity contribution in [3.05, 3.63) is 229 Å². The molecule has 10 rings (SSSR count). The van der Waals surface area contributed by atoms with Gasteiger partial charge in [0.25, 0.3) is 0 Å². The molecule has 0 aliphatic rings. The van der Waals surface area contributed by atoms with Crippen LogP contribution in [0.1, 0.15) is 22.3 Å². The largest absolute Gasteiger partial charge is 0.311 e. The van der Waals surface area contributed by atoms with Crippen molar-refractivity contribution in [3.8, 4) is 27.9 Å². The van der Waals surface area contributed by atoms with E-state index in [0.29, 0.717) is 0 Å². The van der Waals surface area contributed by atoms with Crippen molar-refractivity contribution in [3.63, 3.8) is 0 Å². The van der Waals surface area contributed by atoms with Gasteiger partial charge in [-0.1, -0.05) is 119 Å². The predicted octanol–water partition coefficient (Wildman–Crippen LogP) is 15.7. The highest BCUT2D eigenvalue weighted by Gasteiger charge is 2.19. The lowest BCUT2D eigenvalue weighted by Gasteiger charge is -2.26. The fourth-order valence-corrected chi connectivity index (χ4v) is 8.51.